The average molecular weight is 268 g/mol. The van der Waals surface area contributed by atoms with Crippen LogP contribution in [0.25, 0.3) is 0 Å². The summed E-state index contributed by atoms with van der Waals surface area (Å²) >= 11 is 0. The second-order valence-electron chi connectivity index (χ2n) is 4.76. The summed E-state index contributed by atoms with van der Waals surface area (Å²) in [6.45, 7) is 4.15. The molecule has 0 spiro atoms. The Morgan fingerprint density at radius 2 is 1.95 bits per heavy atom. The molecule has 5 heteroatoms. The molecule has 0 saturated carbocycles. The third-order valence-electron chi connectivity index (χ3n) is 3.48. The zero-order chi connectivity index (χ0) is 13.8. The van der Waals surface area contributed by atoms with Crippen LogP contribution < -0.4 is 4.90 Å². The molecule has 0 aliphatic carbocycles. The van der Waals surface area contributed by atoms with E-state index in [-0.39, 0.29) is 0 Å². The van der Waals surface area contributed by atoms with Gasteiger partial charge in [-0.15, -0.1) is 0 Å². The van der Waals surface area contributed by atoms with Gasteiger partial charge in [-0.05, 0) is 17.7 Å². The van der Waals surface area contributed by atoms with Crippen LogP contribution in [0, 0.1) is 11.3 Å². The van der Waals surface area contributed by atoms with E-state index in [9.17, 15) is 0 Å². The Morgan fingerprint density at radius 1 is 1.20 bits per heavy atom. The van der Waals surface area contributed by atoms with E-state index in [1.165, 1.54) is 5.69 Å². The third-order valence-corrected chi connectivity index (χ3v) is 3.48. The molecule has 0 bridgehead atoms. The molecule has 0 amide bonds. The van der Waals surface area contributed by atoms with Crippen molar-refractivity contribution in [1.29, 1.82) is 5.26 Å². The minimum atomic E-state index is 0.447. The fourth-order valence-corrected chi connectivity index (χ4v) is 2.38. The molecule has 102 valence electrons. The Morgan fingerprint density at radius 3 is 2.65 bits per heavy atom. The number of hydrogen-bond acceptors (Lipinski definition) is 4. The van der Waals surface area contributed by atoms with Gasteiger partial charge in [0.05, 0.1) is 13.2 Å². The summed E-state index contributed by atoms with van der Waals surface area (Å²) in [5.74, 6) is 0.447. The van der Waals surface area contributed by atoms with Gasteiger partial charge in [0.1, 0.15) is 6.07 Å². The predicted octanol–water partition coefficient (Wildman–Crippen LogP) is 1.64. The lowest BCUT2D eigenvalue weighted by atomic mass is 10.2. The zero-order valence-electron chi connectivity index (χ0n) is 11.2. The first kappa shape index (κ1) is 12.7. The number of anilines is 1. The molecule has 1 saturated heterocycles. The van der Waals surface area contributed by atoms with Gasteiger partial charge in [-0.3, -0.25) is 0 Å². The molecule has 1 aliphatic heterocycles. The minimum Gasteiger partial charge on any atom is -0.378 e. The molecule has 1 aliphatic rings. The maximum atomic E-state index is 8.95. The van der Waals surface area contributed by atoms with E-state index >= 15 is 0 Å². The fourth-order valence-electron chi connectivity index (χ4n) is 2.38. The Labute approximate surface area is 118 Å². The van der Waals surface area contributed by atoms with Gasteiger partial charge in [0.25, 0.3) is 0 Å². The Hall–Kier alpha value is -2.32. The van der Waals surface area contributed by atoms with Crippen LogP contribution in [0.3, 0.4) is 0 Å². The zero-order valence-corrected chi connectivity index (χ0v) is 11.2. The number of morpholine rings is 1. The highest BCUT2D eigenvalue weighted by Crippen LogP contribution is 2.17. The first-order valence-electron chi connectivity index (χ1n) is 6.70. The normalized spacial score (nSPS) is 15.1. The first-order chi connectivity index (χ1) is 9.86. The largest absolute Gasteiger partial charge is 0.378 e. The third kappa shape index (κ3) is 2.65. The van der Waals surface area contributed by atoms with E-state index in [1.54, 1.807) is 6.20 Å². The smallest absolute Gasteiger partial charge is 0.213 e. The molecule has 0 radical (unpaired) electrons. The van der Waals surface area contributed by atoms with Crippen molar-refractivity contribution >= 4 is 5.69 Å². The van der Waals surface area contributed by atoms with E-state index < -0.39 is 0 Å². The summed E-state index contributed by atoms with van der Waals surface area (Å²) in [6, 6.07) is 10.6. The molecule has 2 aromatic rings. The van der Waals surface area contributed by atoms with Crippen LogP contribution in [0.5, 0.6) is 0 Å². The van der Waals surface area contributed by atoms with Crippen LogP contribution in [0.4, 0.5) is 5.69 Å². The monoisotopic (exact) mass is 268 g/mol. The Bertz CT molecular complexity index is 606. The van der Waals surface area contributed by atoms with Gasteiger partial charge >= 0.3 is 0 Å². The highest BCUT2D eigenvalue weighted by Gasteiger charge is 2.11. The summed E-state index contributed by atoms with van der Waals surface area (Å²) in [4.78, 5) is 6.33. The number of rotatable bonds is 3. The number of ether oxygens (including phenoxy) is 1. The second-order valence-corrected chi connectivity index (χ2v) is 4.76. The lowest BCUT2D eigenvalue weighted by Crippen LogP contribution is -2.36. The van der Waals surface area contributed by atoms with Crippen LogP contribution in [-0.4, -0.2) is 35.9 Å². The molecule has 0 N–H and O–H groups in total. The van der Waals surface area contributed by atoms with E-state index in [1.807, 2.05) is 10.8 Å². The Kier molecular flexibility index (Phi) is 3.66. The molecule has 1 fully saturated rings. The van der Waals surface area contributed by atoms with Crippen LogP contribution in [0.1, 0.15) is 11.4 Å². The molecule has 1 aromatic carbocycles. The maximum Gasteiger partial charge on any atom is 0.213 e. The molecule has 0 unspecified atom stereocenters. The van der Waals surface area contributed by atoms with Crippen molar-refractivity contribution in [3.63, 3.8) is 0 Å². The van der Waals surface area contributed by atoms with Crippen molar-refractivity contribution in [2.24, 2.45) is 0 Å². The van der Waals surface area contributed by atoms with E-state index in [0.717, 1.165) is 31.9 Å². The van der Waals surface area contributed by atoms with Crippen molar-refractivity contribution in [3.05, 3.63) is 48.0 Å². The predicted molar refractivity (Wildman–Crippen MR) is 75.5 cm³/mol. The summed E-state index contributed by atoms with van der Waals surface area (Å²) in [5, 5.41) is 8.95. The molecular weight excluding hydrogens is 252 g/mol. The van der Waals surface area contributed by atoms with Gasteiger partial charge in [0.15, 0.2) is 0 Å². The van der Waals surface area contributed by atoms with E-state index in [2.05, 4.69) is 40.2 Å². The summed E-state index contributed by atoms with van der Waals surface area (Å²) in [5.41, 5.74) is 2.39. The number of imidazole rings is 1. The standard InChI is InChI=1S/C15H16N4O/c16-11-15-17-5-6-19(15)12-13-1-3-14(4-2-13)18-7-9-20-10-8-18/h1-6H,7-10,12H2. The van der Waals surface area contributed by atoms with Crippen LogP contribution >= 0.6 is 0 Å². The van der Waals surface area contributed by atoms with Gasteiger partial charge in [-0.1, -0.05) is 12.1 Å². The maximum absolute atomic E-state index is 8.95. The average Bonchev–Trinajstić information content (AvgIpc) is 2.96. The number of nitrogens with zero attached hydrogens (tertiary/aromatic N) is 4. The molecule has 3 rings (SSSR count). The lowest BCUT2D eigenvalue weighted by molar-refractivity contribution is 0.122. The van der Waals surface area contributed by atoms with E-state index in [4.69, 9.17) is 10.00 Å². The van der Waals surface area contributed by atoms with Gasteiger partial charge in [-0.2, -0.15) is 5.26 Å². The van der Waals surface area contributed by atoms with Crippen molar-refractivity contribution in [2.75, 3.05) is 31.2 Å². The first-order valence-corrected chi connectivity index (χ1v) is 6.70. The Balaban J connectivity index is 1.71. The SMILES string of the molecule is N#Cc1nccn1Cc1ccc(N2CCOCC2)cc1. The molecule has 20 heavy (non-hydrogen) atoms. The molecule has 1 aromatic heterocycles. The number of nitriles is 1. The highest BCUT2D eigenvalue weighted by molar-refractivity contribution is 5.48. The van der Waals surface area contributed by atoms with Crippen molar-refractivity contribution in [2.45, 2.75) is 6.54 Å². The van der Waals surface area contributed by atoms with Crippen molar-refractivity contribution in [1.82, 2.24) is 9.55 Å². The van der Waals surface area contributed by atoms with E-state index in [0.29, 0.717) is 12.4 Å². The number of aromatic nitrogens is 2. The number of hydrogen-bond donors (Lipinski definition) is 0. The summed E-state index contributed by atoms with van der Waals surface area (Å²) in [7, 11) is 0. The fraction of sp³-hybridized carbons (Fsp3) is 0.333. The van der Waals surface area contributed by atoms with Crippen LogP contribution in [0.15, 0.2) is 36.7 Å². The number of benzene rings is 1. The van der Waals surface area contributed by atoms with Gasteiger partial charge in [0.2, 0.25) is 5.82 Å². The molecule has 2 heterocycles. The van der Waals surface area contributed by atoms with Gasteiger partial charge in [-0.25, -0.2) is 4.98 Å². The minimum absolute atomic E-state index is 0.447. The lowest BCUT2D eigenvalue weighted by Gasteiger charge is -2.28. The molecule has 0 atom stereocenters. The van der Waals surface area contributed by atoms with Crippen molar-refractivity contribution < 1.29 is 4.74 Å². The van der Waals surface area contributed by atoms with Crippen molar-refractivity contribution in [3.8, 4) is 6.07 Å². The van der Waals surface area contributed by atoms with Crippen LogP contribution in [-0.2, 0) is 11.3 Å². The summed E-state index contributed by atoms with van der Waals surface area (Å²) in [6.07, 6.45) is 3.48. The van der Waals surface area contributed by atoms with Gasteiger partial charge < -0.3 is 14.2 Å². The quantitative estimate of drug-likeness (QED) is 0.849. The summed E-state index contributed by atoms with van der Waals surface area (Å²) < 4.78 is 7.21. The van der Waals surface area contributed by atoms with Gasteiger partial charge in [0, 0.05) is 37.7 Å². The highest BCUT2D eigenvalue weighted by atomic mass is 16.5. The topological polar surface area (TPSA) is 54.1 Å². The second kappa shape index (κ2) is 5.76. The van der Waals surface area contributed by atoms with Crippen LogP contribution in [0.2, 0.25) is 0 Å². The molecule has 5 nitrogen and oxygen atoms in total. The molecular formula is C15H16N4O.